The molecule has 1 aliphatic rings. The number of rotatable bonds is 2. The summed E-state index contributed by atoms with van der Waals surface area (Å²) in [6, 6.07) is 16.1. The lowest BCUT2D eigenvalue weighted by Crippen LogP contribution is -2.48. The molecule has 0 saturated carbocycles. The third kappa shape index (κ3) is 2.98. The zero-order chi connectivity index (χ0) is 18.4. The summed E-state index contributed by atoms with van der Waals surface area (Å²) in [6.07, 6.45) is 0. The number of carbonyl (C=O) groups is 1. The Kier molecular flexibility index (Phi) is 4.27. The minimum Gasteiger partial charge on any atom is -0.345 e. The van der Waals surface area contributed by atoms with Gasteiger partial charge in [-0.15, -0.1) is 11.3 Å². The van der Waals surface area contributed by atoms with Crippen molar-refractivity contribution in [3.63, 3.8) is 0 Å². The third-order valence-corrected chi connectivity index (χ3v) is 7.61. The van der Waals surface area contributed by atoms with Gasteiger partial charge in [0, 0.05) is 36.3 Å². The molecule has 1 saturated heterocycles. The zero-order valence-electron chi connectivity index (χ0n) is 14.4. The van der Waals surface area contributed by atoms with E-state index in [9.17, 15) is 4.79 Å². The van der Waals surface area contributed by atoms with Crippen LogP contribution in [0.2, 0.25) is 5.02 Å². The molecular weight excluding hydrogens is 398 g/mol. The van der Waals surface area contributed by atoms with Crippen molar-refractivity contribution in [1.82, 2.24) is 9.88 Å². The molecule has 4 nitrogen and oxygen atoms in total. The third-order valence-electron chi connectivity index (χ3n) is 4.85. The maximum Gasteiger partial charge on any atom is 0.265 e. The molecule has 0 bridgehead atoms. The van der Waals surface area contributed by atoms with E-state index in [1.807, 2.05) is 47.4 Å². The van der Waals surface area contributed by atoms with E-state index in [0.29, 0.717) is 23.0 Å². The number of hydrogen-bond donors (Lipinski definition) is 0. The number of piperazine rings is 1. The number of amides is 1. The minimum atomic E-state index is 0.0325. The van der Waals surface area contributed by atoms with Gasteiger partial charge in [0.05, 0.1) is 15.2 Å². The molecule has 0 aliphatic carbocycles. The van der Waals surface area contributed by atoms with Crippen LogP contribution >= 0.6 is 34.3 Å². The van der Waals surface area contributed by atoms with Gasteiger partial charge in [-0.2, -0.15) is 0 Å². The van der Waals surface area contributed by atoms with Crippen LogP contribution in [0.1, 0.15) is 9.67 Å². The first kappa shape index (κ1) is 17.0. The van der Waals surface area contributed by atoms with Crippen LogP contribution in [-0.2, 0) is 0 Å². The van der Waals surface area contributed by atoms with Gasteiger partial charge in [0.2, 0.25) is 0 Å². The summed E-state index contributed by atoms with van der Waals surface area (Å²) in [5, 5.41) is 2.57. The average molecular weight is 414 g/mol. The van der Waals surface area contributed by atoms with Crippen LogP contribution in [-0.4, -0.2) is 42.0 Å². The summed E-state index contributed by atoms with van der Waals surface area (Å²) in [7, 11) is 0. The molecule has 136 valence electrons. The van der Waals surface area contributed by atoms with Gasteiger partial charge < -0.3 is 9.80 Å². The molecule has 1 aliphatic heterocycles. The van der Waals surface area contributed by atoms with Gasteiger partial charge in [0.1, 0.15) is 4.88 Å². The van der Waals surface area contributed by atoms with Crippen LogP contribution in [0.25, 0.3) is 20.3 Å². The lowest BCUT2D eigenvalue weighted by molar-refractivity contribution is 0.0752. The molecular formula is C20H16ClN3OS2. The van der Waals surface area contributed by atoms with E-state index in [-0.39, 0.29) is 5.91 Å². The SMILES string of the molecule is O=C(c1sc2ccccc2c1Cl)N1CCN(c2nc3ccccc3s2)CC1. The Morgan fingerprint density at radius 2 is 1.63 bits per heavy atom. The molecule has 3 heterocycles. The summed E-state index contributed by atoms with van der Waals surface area (Å²) >= 11 is 9.67. The van der Waals surface area contributed by atoms with E-state index < -0.39 is 0 Å². The predicted molar refractivity (Wildman–Crippen MR) is 115 cm³/mol. The molecule has 2 aromatic heterocycles. The van der Waals surface area contributed by atoms with Gasteiger partial charge in [-0.3, -0.25) is 4.79 Å². The second-order valence-corrected chi connectivity index (χ2v) is 8.92. The van der Waals surface area contributed by atoms with Crippen molar-refractivity contribution in [2.45, 2.75) is 0 Å². The number of aromatic nitrogens is 1. The number of carbonyl (C=O) groups excluding carboxylic acids is 1. The van der Waals surface area contributed by atoms with Crippen LogP contribution in [0.3, 0.4) is 0 Å². The lowest BCUT2D eigenvalue weighted by Gasteiger charge is -2.34. The minimum absolute atomic E-state index is 0.0325. The highest BCUT2D eigenvalue weighted by molar-refractivity contribution is 7.22. The number of fused-ring (bicyclic) bond motifs is 2. The first-order valence-corrected chi connectivity index (χ1v) is 10.8. The molecule has 4 aromatic rings. The van der Waals surface area contributed by atoms with Crippen molar-refractivity contribution in [2.24, 2.45) is 0 Å². The Balaban J connectivity index is 1.33. The molecule has 27 heavy (non-hydrogen) atoms. The van der Waals surface area contributed by atoms with Gasteiger partial charge >= 0.3 is 0 Å². The smallest absolute Gasteiger partial charge is 0.265 e. The molecule has 0 N–H and O–H groups in total. The van der Waals surface area contributed by atoms with E-state index >= 15 is 0 Å². The predicted octanol–water partition coefficient (Wildman–Crippen LogP) is 5.13. The maximum absolute atomic E-state index is 13.0. The number of anilines is 1. The van der Waals surface area contributed by atoms with Gasteiger partial charge in [-0.05, 0) is 18.2 Å². The van der Waals surface area contributed by atoms with Crippen molar-refractivity contribution >= 4 is 65.6 Å². The fourth-order valence-corrected chi connectivity index (χ4v) is 5.89. The van der Waals surface area contributed by atoms with Crippen LogP contribution in [0.5, 0.6) is 0 Å². The number of thiophene rings is 1. The van der Waals surface area contributed by atoms with Crippen molar-refractivity contribution in [2.75, 3.05) is 31.1 Å². The molecule has 2 aromatic carbocycles. The van der Waals surface area contributed by atoms with Crippen molar-refractivity contribution in [3.8, 4) is 0 Å². The number of para-hydroxylation sites is 1. The Morgan fingerprint density at radius 1 is 0.926 bits per heavy atom. The maximum atomic E-state index is 13.0. The van der Waals surface area contributed by atoms with E-state index in [1.165, 1.54) is 16.0 Å². The van der Waals surface area contributed by atoms with Crippen molar-refractivity contribution in [3.05, 3.63) is 58.4 Å². The first-order valence-electron chi connectivity index (χ1n) is 8.77. The molecule has 0 unspecified atom stereocenters. The highest BCUT2D eigenvalue weighted by Crippen LogP contribution is 2.36. The second-order valence-electron chi connectivity index (χ2n) is 6.48. The van der Waals surface area contributed by atoms with Gasteiger partial charge in [-0.1, -0.05) is 53.3 Å². The Bertz CT molecular complexity index is 1110. The second kappa shape index (κ2) is 6.78. The van der Waals surface area contributed by atoms with E-state index in [4.69, 9.17) is 16.6 Å². The van der Waals surface area contributed by atoms with Gasteiger partial charge in [0.25, 0.3) is 5.91 Å². The quantitative estimate of drug-likeness (QED) is 0.457. The normalized spacial score (nSPS) is 15.0. The fraction of sp³-hybridized carbons (Fsp3) is 0.200. The highest BCUT2D eigenvalue weighted by Gasteiger charge is 2.27. The zero-order valence-corrected chi connectivity index (χ0v) is 16.8. The monoisotopic (exact) mass is 413 g/mol. The van der Waals surface area contributed by atoms with E-state index in [2.05, 4.69) is 11.0 Å². The number of hydrogen-bond acceptors (Lipinski definition) is 5. The van der Waals surface area contributed by atoms with E-state index in [1.54, 1.807) is 11.3 Å². The number of thiazole rings is 1. The Labute approximate surface area is 169 Å². The topological polar surface area (TPSA) is 36.4 Å². The molecule has 1 amide bonds. The standard InChI is InChI=1S/C20H16ClN3OS2/c21-17-13-5-1-3-7-15(13)26-18(17)19(25)23-9-11-24(12-10-23)20-22-14-6-2-4-8-16(14)27-20/h1-8H,9-12H2. The van der Waals surface area contributed by atoms with Gasteiger partial charge in [0.15, 0.2) is 5.13 Å². The summed E-state index contributed by atoms with van der Waals surface area (Å²) in [6.45, 7) is 2.93. The Morgan fingerprint density at radius 3 is 2.37 bits per heavy atom. The highest BCUT2D eigenvalue weighted by atomic mass is 35.5. The number of benzene rings is 2. The summed E-state index contributed by atoms with van der Waals surface area (Å²) < 4.78 is 2.25. The fourth-order valence-electron chi connectivity index (χ4n) is 3.39. The summed E-state index contributed by atoms with van der Waals surface area (Å²) in [5.41, 5.74) is 1.04. The number of halogens is 1. The largest absolute Gasteiger partial charge is 0.345 e. The van der Waals surface area contributed by atoms with Crippen LogP contribution in [0, 0.1) is 0 Å². The van der Waals surface area contributed by atoms with E-state index in [0.717, 1.165) is 33.8 Å². The first-order chi connectivity index (χ1) is 13.2. The van der Waals surface area contributed by atoms with Crippen molar-refractivity contribution < 1.29 is 4.79 Å². The van der Waals surface area contributed by atoms with Crippen LogP contribution in [0.4, 0.5) is 5.13 Å². The van der Waals surface area contributed by atoms with Crippen molar-refractivity contribution in [1.29, 1.82) is 0 Å². The number of nitrogens with zero attached hydrogens (tertiary/aromatic N) is 3. The van der Waals surface area contributed by atoms with Gasteiger partial charge in [-0.25, -0.2) is 4.98 Å². The summed E-state index contributed by atoms with van der Waals surface area (Å²) in [4.78, 5) is 22.5. The molecule has 0 spiro atoms. The van der Waals surface area contributed by atoms with Crippen LogP contribution < -0.4 is 4.90 Å². The average Bonchev–Trinajstić information content (AvgIpc) is 3.29. The molecule has 0 radical (unpaired) electrons. The molecule has 7 heteroatoms. The lowest BCUT2D eigenvalue weighted by atomic mass is 10.2. The Hall–Kier alpha value is -2.15. The molecule has 5 rings (SSSR count). The molecule has 0 atom stereocenters. The molecule has 1 fully saturated rings. The van der Waals surface area contributed by atoms with Crippen LogP contribution in [0.15, 0.2) is 48.5 Å². The summed E-state index contributed by atoms with van der Waals surface area (Å²) in [5.74, 6) is 0.0325.